The van der Waals surface area contributed by atoms with Crippen LogP contribution in [0.4, 0.5) is 0 Å². The van der Waals surface area contributed by atoms with Gasteiger partial charge >= 0.3 is 6.01 Å². The minimum Gasteiger partial charge on any atom is -0.424 e. The fourth-order valence-electron chi connectivity index (χ4n) is 3.18. The number of nitrogens with zero attached hydrogens (tertiary/aromatic N) is 4. The minimum absolute atomic E-state index is 0.00430. The first kappa shape index (κ1) is 22.9. The van der Waals surface area contributed by atoms with Crippen LogP contribution in [0.3, 0.4) is 0 Å². The number of thiazole rings is 1. The van der Waals surface area contributed by atoms with Gasteiger partial charge in [-0.3, -0.25) is 4.57 Å². The van der Waals surface area contributed by atoms with E-state index in [1.807, 2.05) is 32.0 Å². The molecule has 0 saturated carbocycles. The van der Waals surface area contributed by atoms with Crippen LogP contribution in [0.2, 0.25) is 10.0 Å². The van der Waals surface area contributed by atoms with Gasteiger partial charge in [-0.15, -0.1) is 16.4 Å². The zero-order valence-corrected chi connectivity index (χ0v) is 20.5. The summed E-state index contributed by atoms with van der Waals surface area (Å²) in [6, 6.07) is 9.32. The van der Waals surface area contributed by atoms with Gasteiger partial charge in [0.1, 0.15) is 5.75 Å². The number of fused-ring (bicyclic) bond motifs is 1. The van der Waals surface area contributed by atoms with Crippen LogP contribution < -0.4 is 9.46 Å². The number of hydrogen-bond donors (Lipinski definition) is 1. The first-order valence-corrected chi connectivity index (χ1v) is 12.7. The van der Waals surface area contributed by atoms with Crippen LogP contribution in [0, 0.1) is 6.92 Å². The number of halogens is 2. The molecule has 168 valence electrons. The van der Waals surface area contributed by atoms with Crippen molar-refractivity contribution in [3.05, 3.63) is 57.3 Å². The van der Waals surface area contributed by atoms with Crippen molar-refractivity contribution in [1.29, 1.82) is 0 Å². The molecule has 8 nitrogen and oxygen atoms in total. The third-order valence-electron chi connectivity index (χ3n) is 4.66. The summed E-state index contributed by atoms with van der Waals surface area (Å²) >= 11 is 13.5. The third kappa shape index (κ3) is 4.60. The number of benzene rings is 2. The maximum atomic E-state index is 12.8. The summed E-state index contributed by atoms with van der Waals surface area (Å²) in [5.74, 6) is 0.984. The molecule has 4 aromatic rings. The van der Waals surface area contributed by atoms with E-state index in [-0.39, 0.29) is 21.0 Å². The zero-order chi connectivity index (χ0) is 23.0. The van der Waals surface area contributed by atoms with Gasteiger partial charge in [-0.2, -0.15) is 0 Å². The van der Waals surface area contributed by atoms with E-state index in [1.165, 1.54) is 18.2 Å². The molecule has 0 unspecified atom stereocenters. The average molecular weight is 512 g/mol. The summed E-state index contributed by atoms with van der Waals surface area (Å²) in [6.45, 7) is 6.01. The SMILES string of the molecule is CCn1c(Oc2ccc3sc(C)nc3c2)nnc1[C@@H](C)NS(=O)(=O)c1ccc(Cl)c(Cl)c1. The van der Waals surface area contributed by atoms with Gasteiger partial charge in [-0.25, -0.2) is 18.1 Å². The van der Waals surface area contributed by atoms with Crippen LogP contribution in [0.1, 0.15) is 30.7 Å². The van der Waals surface area contributed by atoms with Crippen molar-refractivity contribution in [2.24, 2.45) is 0 Å². The minimum atomic E-state index is -3.87. The molecule has 0 radical (unpaired) electrons. The second-order valence-corrected chi connectivity index (χ2v) is 10.7. The molecule has 0 fully saturated rings. The van der Waals surface area contributed by atoms with Gasteiger partial charge in [-0.1, -0.05) is 28.3 Å². The van der Waals surface area contributed by atoms with Gasteiger partial charge in [0, 0.05) is 12.6 Å². The molecule has 0 aliphatic rings. The number of sulfonamides is 1. The van der Waals surface area contributed by atoms with Crippen molar-refractivity contribution < 1.29 is 13.2 Å². The fourth-order valence-corrected chi connectivity index (χ4v) is 5.58. The highest BCUT2D eigenvalue weighted by Gasteiger charge is 2.24. The Bertz CT molecular complexity index is 1400. The van der Waals surface area contributed by atoms with Gasteiger partial charge in [-0.05, 0) is 51.1 Å². The molecule has 2 heterocycles. The van der Waals surface area contributed by atoms with Gasteiger partial charge in [0.05, 0.1) is 36.2 Å². The number of aromatic nitrogens is 4. The lowest BCUT2D eigenvalue weighted by atomic mass is 10.3. The third-order valence-corrected chi connectivity index (χ3v) is 7.89. The second kappa shape index (κ2) is 8.95. The Morgan fingerprint density at radius 1 is 1.16 bits per heavy atom. The summed E-state index contributed by atoms with van der Waals surface area (Å²) in [4.78, 5) is 4.48. The largest absolute Gasteiger partial charge is 0.424 e. The van der Waals surface area contributed by atoms with Crippen molar-refractivity contribution in [2.75, 3.05) is 0 Å². The van der Waals surface area contributed by atoms with Gasteiger partial charge in [0.2, 0.25) is 10.0 Å². The van der Waals surface area contributed by atoms with E-state index in [4.69, 9.17) is 27.9 Å². The maximum absolute atomic E-state index is 12.8. The molecule has 1 N–H and O–H groups in total. The zero-order valence-electron chi connectivity index (χ0n) is 17.3. The Labute approximate surface area is 199 Å². The van der Waals surface area contributed by atoms with Gasteiger partial charge in [0.25, 0.3) is 0 Å². The molecule has 0 aliphatic heterocycles. The first-order valence-electron chi connectivity index (χ1n) is 9.63. The maximum Gasteiger partial charge on any atom is 0.322 e. The highest BCUT2D eigenvalue weighted by Crippen LogP contribution is 2.30. The summed E-state index contributed by atoms with van der Waals surface area (Å²) in [7, 11) is -3.87. The second-order valence-electron chi connectivity index (χ2n) is 6.97. The molecule has 1 atom stereocenters. The number of hydrogen-bond acceptors (Lipinski definition) is 7. The Morgan fingerprint density at radius 2 is 1.94 bits per heavy atom. The molecule has 2 aromatic heterocycles. The van der Waals surface area contributed by atoms with Gasteiger partial charge < -0.3 is 4.74 Å². The highest BCUT2D eigenvalue weighted by molar-refractivity contribution is 7.89. The Hall–Kier alpha value is -2.24. The monoisotopic (exact) mass is 511 g/mol. The number of nitrogens with one attached hydrogen (secondary N) is 1. The Balaban J connectivity index is 1.57. The number of aryl methyl sites for hydroxylation is 1. The van der Waals surface area contributed by atoms with Crippen LogP contribution in [0.25, 0.3) is 10.2 Å². The average Bonchev–Trinajstić information content (AvgIpc) is 3.31. The topological polar surface area (TPSA) is 99.0 Å². The molecule has 32 heavy (non-hydrogen) atoms. The molecule has 2 aromatic carbocycles. The Kier molecular flexibility index (Phi) is 6.42. The summed E-state index contributed by atoms with van der Waals surface area (Å²) in [6.07, 6.45) is 0. The number of rotatable bonds is 7. The van der Waals surface area contributed by atoms with Crippen molar-refractivity contribution in [1.82, 2.24) is 24.5 Å². The molecular weight excluding hydrogens is 493 g/mol. The van der Waals surface area contributed by atoms with E-state index in [2.05, 4.69) is 19.9 Å². The van der Waals surface area contributed by atoms with Crippen LogP contribution in [0.5, 0.6) is 11.8 Å². The lowest BCUT2D eigenvalue weighted by Crippen LogP contribution is -2.29. The number of ether oxygens (including phenoxy) is 1. The standard InChI is InChI=1S/C20H19Cl2N5O3S2/c1-4-27-19(11(2)26-32(28,29)14-6-7-15(21)16(22)10-14)24-25-20(27)30-13-5-8-18-17(9-13)23-12(3)31-18/h5-11,26H,4H2,1-3H3/t11-/m1/s1. The van der Waals surface area contributed by atoms with E-state index in [0.717, 1.165) is 15.2 Å². The van der Waals surface area contributed by atoms with Crippen molar-refractivity contribution in [2.45, 2.75) is 38.3 Å². The molecule has 12 heteroatoms. The first-order chi connectivity index (χ1) is 15.2. The quantitative estimate of drug-likeness (QED) is 0.358. The van der Waals surface area contributed by atoms with Crippen LogP contribution in [-0.2, 0) is 16.6 Å². The normalized spacial score (nSPS) is 12.9. The van der Waals surface area contributed by atoms with E-state index in [9.17, 15) is 8.42 Å². The lowest BCUT2D eigenvalue weighted by molar-refractivity contribution is 0.408. The molecular formula is C20H19Cl2N5O3S2. The van der Waals surface area contributed by atoms with E-state index >= 15 is 0 Å². The molecule has 0 bridgehead atoms. The predicted molar refractivity (Wildman–Crippen MR) is 125 cm³/mol. The summed E-state index contributed by atoms with van der Waals surface area (Å²) in [5.41, 5.74) is 0.843. The van der Waals surface area contributed by atoms with E-state index in [1.54, 1.807) is 22.8 Å². The highest BCUT2D eigenvalue weighted by atomic mass is 35.5. The van der Waals surface area contributed by atoms with Crippen LogP contribution in [-0.4, -0.2) is 28.2 Å². The predicted octanol–water partition coefficient (Wildman–Crippen LogP) is 5.35. The van der Waals surface area contributed by atoms with Crippen molar-refractivity contribution >= 4 is 54.8 Å². The van der Waals surface area contributed by atoms with Gasteiger partial charge in [0.15, 0.2) is 5.82 Å². The van der Waals surface area contributed by atoms with Crippen molar-refractivity contribution in [3.8, 4) is 11.8 Å². The molecule has 4 rings (SSSR count). The Morgan fingerprint density at radius 3 is 2.66 bits per heavy atom. The summed E-state index contributed by atoms with van der Waals surface area (Å²) in [5, 5.41) is 9.68. The van der Waals surface area contributed by atoms with E-state index < -0.39 is 16.1 Å². The van der Waals surface area contributed by atoms with Crippen LogP contribution >= 0.6 is 34.5 Å². The van der Waals surface area contributed by atoms with Crippen molar-refractivity contribution in [3.63, 3.8) is 0 Å². The molecule has 0 aliphatic carbocycles. The molecule has 0 spiro atoms. The molecule has 0 amide bonds. The van der Waals surface area contributed by atoms with Crippen LogP contribution in [0.15, 0.2) is 41.3 Å². The van der Waals surface area contributed by atoms with E-state index in [0.29, 0.717) is 18.1 Å². The fraction of sp³-hybridized carbons (Fsp3) is 0.250. The lowest BCUT2D eigenvalue weighted by Gasteiger charge is -2.15. The summed E-state index contributed by atoms with van der Waals surface area (Å²) < 4.78 is 36.9. The smallest absolute Gasteiger partial charge is 0.322 e. The molecule has 0 saturated heterocycles.